The van der Waals surface area contributed by atoms with Gasteiger partial charge in [0.2, 0.25) is 0 Å². The molecule has 0 unspecified atom stereocenters. The zero-order chi connectivity index (χ0) is 23.7. The lowest BCUT2D eigenvalue weighted by Gasteiger charge is -2.15. The van der Waals surface area contributed by atoms with Crippen molar-refractivity contribution in [1.82, 2.24) is 0 Å². The third kappa shape index (κ3) is 6.97. The molecule has 0 bridgehead atoms. The van der Waals surface area contributed by atoms with Crippen LogP contribution in [0.3, 0.4) is 0 Å². The number of esters is 2. The molecule has 2 rings (SSSR count). The van der Waals surface area contributed by atoms with Gasteiger partial charge in [-0.3, -0.25) is 0 Å². The quantitative estimate of drug-likeness (QED) is 0.205. The summed E-state index contributed by atoms with van der Waals surface area (Å²) in [5.41, 5.74) is 1.70. The van der Waals surface area contributed by atoms with E-state index in [0.29, 0.717) is 34.8 Å². The Balaban J connectivity index is 2.20. The van der Waals surface area contributed by atoms with E-state index in [4.69, 9.17) is 18.9 Å². The van der Waals surface area contributed by atoms with Crippen molar-refractivity contribution < 1.29 is 32.9 Å². The first-order valence-corrected chi connectivity index (χ1v) is 10.1. The first-order chi connectivity index (χ1) is 15.2. The summed E-state index contributed by atoms with van der Waals surface area (Å²) >= 11 is 0. The molecule has 0 heterocycles. The second-order valence-corrected chi connectivity index (χ2v) is 7.09. The van der Waals surface area contributed by atoms with Crippen molar-refractivity contribution in [1.29, 1.82) is 0 Å². The van der Waals surface area contributed by atoms with Gasteiger partial charge in [0.1, 0.15) is 13.2 Å². The van der Waals surface area contributed by atoms with E-state index >= 15 is 0 Å². The Hall–Kier alpha value is -3.61. The Morgan fingerprint density at radius 1 is 0.812 bits per heavy atom. The van der Waals surface area contributed by atoms with Crippen LogP contribution < -0.4 is 14.2 Å². The maximum Gasteiger partial charge on any atom is 0.338 e. The van der Waals surface area contributed by atoms with Crippen LogP contribution in [0.25, 0.3) is 11.1 Å². The van der Waals surface area contributed by atoms with Gasteiger partial charge in [-0.1, -0.05) is 32.2 Å². The van der Waals surface area contributed by atoms with E-state index < -0.39 is 17.8 Å². The van der Waals surface area contributed by atoms with Crippen LogP contribution in [0.4, 0.5) is 4.39 Å². The maximum atomic E-state index is 14.5. The van der Waals surface area contributed by atoms with Crippen molar-refractivity contribution in [3.63, 3.8) is 0 Å². The molecule has 0 saturated heterocycles. The second-order valence-electron chi connectivity index (χ2n) is 7.09. The standard InChI is InChI=1S/C25H27FO6/c1-6-11-29-22-10-8-19(15-23(22)30-12-13-31-24(27)16(2)3)18-7-9-21(20(26)14-18)32-25(28)17(4)5/h7-10,14-15H,2,4,6,11-13H2,1,3,5H3. The maximum absolute atomic E-state index is 14.5. The van der Waals surface area contributed by atoms with Gasteiger partial charge in [0.05, 0.1) is 6.61 Å². The zero-order valence-corrected chi connectivity index (χ0v) is 18.5. The number of carbonyl (C=O) groups excluding carboxylic acids is 2. The lowest BCUT2D eigenvalue weighted by atomic mass is 10.0. The Kier molecular flexibility index (Phi) is 9.01. The van der Waals surface area contributed by atoms with Gasteiger partial charge in [0, 0.05) is 11.1 Å². The highest BCUT2D eigenvalue weighted by Crippen LogP contribution is 2.34. The summed E-state index contributed by atoms with van der Waals surface area (Å²) in [7, 11) is 0. The first-order valence-electron chi connectivity index (χ1n) is 10.1. The lowest BCUT2D eigenvalue weighted by molar-refractivity contribution is -0.139. The molecule has 0 aliphatic heterocycles. The molecule has 2 aromatic carbocycles. The molecule has 0 fully saturated rings. The number of rotatable bonds is 11. The molecule has 0 aliphatic rings. The van der Waals surface area contributed by atoms with Crippen molar-refractivity contribution in [3.8, 4) is 28.4 Å². The Bertz CT molecular complexity index is 1010. The molecule has 0 atom stereocenters. The van der Waals surface area contributed by atoms with Gasteiger partial charge in [0.25, 0.3) is 0 Å². The smallest absolute Gasteiger partial charge is 0.338 e. The summed E-state index contributed by atoms with van der Waals surface area (Å²) in [4.78, 5) is 23.1. The van der Waals surface area contributed by atoms with E-state index in [1.807, 2.05) is 6.92 Å². The van der Waals surface area contributed by atoms with Gasteiger partial charge in [-0.15, -0.1) is 0 Å². The number of halogens is 1. The highest BCUT2D eigenvalue weighted by molar-refractivity contribution is 5.89. The molecule has 0 aliphatic carbocycles. The largest absolute Gasteiger partial charge is 0.490 e. The highest BCUT2D eigenvalue weighted by atomic mass is 19.1. The number of ether oxygens (including phenoxy) is 4. The minimum absolute atomic E-state index is 0.0422. The van der Waals surface area contributed by atoms with E-state index in [2.05, 4.69) is 13.2 Å². The third-order valence-corrected chi connectivity index (χ3v) is 4.14. The summed E-state index contributed by atoms with van der Waals surface area (Å²) in [6.07, 6.45) is 0.812. The van der Waals surface area contributed by atoms with Gasteiger partial charge < -0.3 is 18.9 Å². The van der Waals surface area contributed by atoms with Crippen LogP contribution in [0.2, 0.25) is 0 Å². The summed E-state index contributed by atoms with van der Waals surface area (Å²) in [5.74, 6) is -1.10. The predicted molar refractivity (Wildman–Crippen MR) is 119 cm³/mol. The minimum Gasteiger partial charge on any atom is -0.490 e. The summed E-state index contributed by atoms with van der Waals surface area (Å²) in [6.45, 7) is 12.7. The van der Waals surface area contributed by atoms with Crippen LogP contribution in [0, 0.1) is 5.82 Å². The fraction of sp³-hybridized carbons (Fsp3) is 0.280. The van der Waals surface area contributed by atoms with Crippen LogP contribution in [0.5, 0.6) is 17.2 Å². The molecule has 0 spiro atoms. The van der Waals surface area contributed by atoms with Crippen LogP contribution in [0.1, 0.15) is 27.2 Å². The number of hydrogen-bond acceptors (Lipinski definition) is 6. The summed E-state index contributed by atoms with van der Waals surface area (Å²) in [5, 5.41) is 0. The molecule has 32 heavy (non-hydrogen) atoms. The summed E-state index contributed by atoms with van der Waals surface area (Å²) in [6, 6.07) is 9.48. The molecule has 6 nitrogen and oxygen atoms in total. The minimum atomic E-state index is -0.697. The van der Waals surface area contributed by atoms with Crippen molar-refractivity contribution in [3.05, 3.63) is 66.5 Å². The molecule has 0 amide bonds. The molecular formula is C25H27FO6. The first kappa shape index (κ1) is 24.7. The number of carbonyl (C=O) groups is 2. The van der Waals surface area contributed by atoms with Crippen LogP contribution in [-0.4, -0.2) is 31.8 Å². The molecule has 0 N–H and O–H groups in total. The average Bonchev–Trinajstić information content (AvgIpc) is 2.76. The lowest BCUT2D eigenvalue weighted by Crippen LogP contribution is -2.13. The van der Waals surface area contributed by atoms with Gasteiger partial charge >= 0.3 is 11.9 Å². The SMILES string of the molecule is C=C(C)C(=O)OCCOc1cc(-c2ccc(OC(=O)C(=C)C)c(F)c2)ccc1OCCC. The second kappa shape index (κ2) is 11.7. The van der Waals surface area contributed by atoms with Crippen LogP contribution in [-0.2, 0) is 14.3 Å². The zero-order valence-electron chi connectivity index (χ0n) is 18.5. The Labute approximate surface area is 187 Å². The molecule has 0 aromatic heterocycles. The summed E-state index contributed by atoms with van der Waals surface area (Å²) < 4.78 is 36.0. The average molecular weight is 442 g/mol. The molecule has 2 aromatic rings. The normalized spacial score (nSPS) is 10.2. The van der Waals surface area contributed by atoms with E-state index in [1.54, 1.807) is 31.2 Å². The third-order valence-electron chi connectivity index (χ3n) is 4.14. The van der Waals surface area contributed by atoms with E-state index in [9.17, 15) is 14.0 Å². The molecule has 7 heteroatoms. The monoisotopic (exact) mass is 442 g/mol. The topological polar surface area (TPSA) is 71.1 Å². The van der Waals surface area contributed by atoms with Crippen molar-refractivity contribution in [2.75, 3.05) is 19.8 Å². The van der Waals surface area contributed by atoms with E-state index in [0.717, 1.165) is 6.42 Å². The van der Waals surface area contributed by atoms with E-state index in [1.165, 1.54) is 19.1 Å². The van der Waals surface area contributed by atoms with Crippen LogP contribution >= 0.6 is 0 Å². The fourth-order valence-corrected chi connectivity index (χ4v) is 2.49. The number of benzene rings is 2. The van der Waals surface area contributed by atoms with E-state index in [-0.39, 0.29) is 24.5 Å². The molecule has 170 valence electrons. The van der Waals surface area contributed by atoms with Crippen molar-refractivity contribution >= 4 is 11.9 Å². The Morgan fingerprint density at radius 2 is 1.41 bits per heavy atom. The molecular weight excluding hydrogens is 415 g/mol. The number of hydrogen-bond donors (Lipinski definition) is 0. The van der Waals surface area contributed by atoms with Gasteiger partial charge in [-0.25, -0.2) is 14.0 Å². The molecule has 0 radical (unpaired) electrons. The Morgan fingerprint density at radius 3 is 2.00 bits per heavy atom. The van der Waals surface area contributed by atoms with Crippen LogP contribution in [0.15, 0.2) is 60.7 Å². The van der Waals surface area contributed by atoms with Crippen molar-refractivity contribution in [2.45, 2.75) is 27.2 Å². The van der Waals surface area contributed by atoms with Gasteiger partial charge in [0.15, 0.2) is 23.1 Å². The van der Waals surface area contributed by atoms with Crippen molar-refractivity contribution in [2.24, 2.45) is 0 Å². The van der Waals surface area contributed by atoms with Gasteiger partial charge in [-0.05, 0) is 55.7 Å². The highest BCUT2D eigenvalue weighted by Gasteiger charge is 2.14. The fourth-order valence-electron chi connectivity index (χ4n) is 2.49. The van der Waals surface area contributed by atoms with Gasteiger partial charge in [-0.2, -0.15) is 0 Å². The molecule has 0 saturated carbocycles. The predicted octanol–water partition coefficient (Wildman–Crippen LogP) is 5.26.